The summed E-state index contributed by atoms with van der Waals surface area (Å²) in [5.74, 6) is 0. The molecule has 7 heavy (non-hydrogen) atoms. The fraction of sp³-hybridized carbons (Fsp3) is 0. The fourth-order valence-corrected chi connectivity index (χ4v) is 0. The van der Waals surface area contributed by atoms with E-state index >= 15 is 0 Å². The van der Waals surface area contributed by atoms with Crippen LogP contribution in [0.5, 0.6) is 0 Å². The quantitative estimate of drug-likeness (QED) is 0.292. The standard InChI is InChI=1S/2CHNO.Sr/c2*2-1-3;/h2*3H;/q;;+2/p-2. The van der Waals surface area contributed by atoms with E-state index in [1.165, 1.54) is 0 Å². The average molecular weight is 172 g/mol. The molecule has 0 saturated heterocycles. The molecule has 32 valence electrons. The Morgan fingerprint density at radius 2 is 1.00 bits per heavy atom. The second-order valence-corrected chi connectivity index (χ2v) is 0.183. The van der Waals surface area contributed by atoms with Crippen molar-refractivity contribution in [2.24, 2.45) is 0 Å². The zero-order chi connectivity index (χ0) is 5.41. The van der Waals surface area contributed by atoms with E-state index in [1.54, 1.807) is 0 Å². The predicted molar refractivity (Wildman–Crippen MR) is 17.0 cm³/mol. The molecule has 4 nitrogen and oxygen atoms in total. The SMILES string of the molecule is N#C[O-].N#C[O-].[Sr+2]. The summed E-state index contributed by atoms with van der Waals surface area (Å²) in [4.78, 5) is 0. The molecular weight excluding hydrogens is 172 g/mol. The Hall–Kier alpha value is 0.0605. The van der Waals surface area contributed by atoms with Gasteiger partial charge >= 0.3 is 45.5 Å². The summed E-state index contributed by atoms with van der Waals surface area (Å²) >= 11 is 0. The van der Waals surface area contributed by atoms with Crippen LogP contribution in [0.15, 0.2) is 0 Å². The Morgan fingerprint density at radius 1 is 1.00 bits per heavy atom. The van der Waals surface area contributed by atoms with Crippen molar-refractivity contribution in [3.05, 3.63) is 0 Å². The van der Waals surface area contributed by atoms with Gasteiger partial charge in [-0.25, -0.2) is 10.5 Å². The van der Waals surface area contributed by atoms with Crippen LogP contribution in [-0.2, 0) is 0 Å². The zero-order valence-electron chi connectivity index (χ0n) is 3.42. The summed E-state index contributed by atoms with van der Waals surface area (Å²) in [6, 6.07) is 0. The summed E-state index contributed by atoms with van der Waals surface area (Å²) in [6.07, 6.45) is 1.00. The average Bonchev–Trinajstić information content (AvgIpc) is 1.39. The van der Waals surface area contributed by atoms with Gasteiger partial charge in [-0.15, -0.1) is 0 Å². The molecule has 0 aliphatic heterocycles. The monoisotopic (exact) mass is 172 g/mol. The van der Waals surface area contributed by atoms with Crippen molar-refractivity contribution in [2.45, 2.75) is 0 Å². The van der Waals surface area contributed by atoms with Gasteiger partial charge in [-0.3, -0.25) is 0 Å². The Kier molecular flexibility index (Phi) is 82.1. The van der Waals surface area contributed by atoms with Crippen molar-refractivity contribution in [1.29, 1.82) is 10.5 Å². The van der Waals surface area contributed by atoms with E-state index in [1.807, 2.05) is 0 Å². The van der Waals surface area contributed by atoms with Crippen molar-refractivity contribution in [2.75, 3.05) is 0 Å². The minimum Gasteiger partial charge on any atom is -0.812 e. The number of hydrogen-bond donors (Lipinski definition) is 0. The van der Waals surface area contributed by atoms with E-state index in [-0.39, 0.29) is 45.5 Å². The number of hydrogen-bond acceptors (Lipinski definition) is 4. The van der Waals surface area contributed by atoms with Crippen LogP contribution in [0.2, 0.25) is 0 Å². The summed E-state index contributed by atoms with van der Waals surface area (Å²) in [5.41, 5.74) is 0. The molecule has 5 heteroatoms. The first kappa shape index (κ1) is 15.7. The van der Waals surface area contributed by atoms with Crippen LogP contribution in [0, 0.1) is 23.0 Å². The van der Waals surface area contributed by atoms with Crippen LogP contribution >= 0.6 is 0 Å². The summed E-state index contributed by atoms with van der Waals surface area (Å²) in [5, 5.41) is 30.0. The minimum atomic E-state index is 0. The molecule has 0 fully saturated rings. The van der Waals surface area contributed by atoms with Gasteiger partial charge in [0.1, 0.15) is 0 Å². The second-order valence-electron chi connectivity index (χ2n) is 0.183. The Balaban J connectivity index is -0.0000000400. The van der Waals surface area contributed by atoms with Crippen LogP contribution < -0.4 is 10.2 Å². The van der Waals surface area contributed by atoms with Crippen LogP contribution in [0.3, 0.4) is 0 Å². The molecule has 0 aromatic rings. The van der Waals surface area contributed by atoms with Gasteiger partial charge in [-0.1, -0.05) is 0 Å². The number of rotatable bonds is 0. The molecule has 0 amide bonds. The van der Waals surface area contributed by atoms with Crippen LogP contribution in [-0.4, -0.2) is 45.5 Å². The van der Waals surface area contributed by atoms with Crippen LogP contribution in [0.1, 0.15) is 0 Å². The van der Waals surface area contributed by atoms with Crippen molar-refractivity contribution in [3.8, 4) is 12.5 Å². The van der Waals surface area contributed by atoms with Gasteiger partial charge in [-0.05, 0) is 0 Å². The molecule has 0 aromatic carbocycles. The van der Waals surface area contributed by atoms with Gasteiger partial charge in [0, 0.05) is 12.5 Å². The van der Waals surface area contributed by atoms with Crippen LogP contribution in [0.25, 0.3) is 0 Å². The molecule has 0 heterocycles. The molecule has 0 spiro atoms. The van der Waals surface area contributed by atoms with Crippen molar-refractivity contribution >= 4 is 45.5 Å². The molecule has 0 bridgehead atoms. The maximum Gasteiger partial charge on any atom is 2.00 e. The van der Waals surface area contributed by atoms with Crippen molar-refractivity contribution in [3.63, 3.8) is 0 Å². The molecular formula is C2N2O2Sr. The Morgan fingerprint density at radius 3 is 1.00 bits per heavy atom. The zero-order valence-corrected chi connectivity index (χ0v) is 6.89. The summed E-state index contributed by atoms with van der Waals surface area (Å²) < 4.78 is 0. The van der Waals surface area contributed by atoms with Gasteiger partial charge in [-0.2, -0.15) is 0 Å². The molecule has 0 atom stereocenters. The third kappa shape index (κ3) is 27300. The van der Waals surface area contributed by atoms with Crippen LogP contribution in [0.4, 0.5) is 0 Å². The normalized spacial score (nSPS) is 2.00. The smallest absolute Gasteiger partial charge is 0.812 e. The first-order valence-electron chi connectivity index (χ1n) is 0.855. The summed E-state index contributed by atoms with van der Waals surface area (Å²) in [6.45, 7) is 0. The largest absolute Gasteiger partial charge is 2.00 e. The molecule has 0 aromatic heterocycles. The topological polar surface area (TPSA) is 93.7 Å². The Labute approximate surface area is 77.9 Å². The molecule has 0 saturated carbocycles. The van der Waals surface area contributed by atoms with E-state index in [4.69, 9.17) is 20.7 Å². The van der Waals surface area contributed by atoms with E-state index in [2.05, 4.69) is 0 Å². The third-order valence-electron chi connectivity index (χ3n) is 0. The maximum atomic E-state index is 8.24. The molecule has 0 radical (unpaired) electrons. The van der Waals surface area contributed by atoms with E-state index in [0.717, 1.165) is 0 Å². The summed E-state index contributed by atoms with van der Waals surface area (Å²) in [7, 11) is 0. The molecule has 0 N–H and O–H groups in total. The fourth-order valence-electron chi connectivity index (χ4n) is 0. The first-order valence-corrected chi connectivity index (χ1v) is 0.855. The second kappa shape index (κ2) is 36.6. The van der Waals surface area contributed by atoms with Gasteiger partial charge in [0.15, 0.2) is 0 Å². The predicted octanol–water partition coefficient (Wildman–Crippen LogP) is -2.73. The van der Waals surface area contributed by atoms with Gasteiger partial charge in [0.05, 0.1) is 0 Å². The molecule has 0 aliphatic carbocycles. The van der Waals surface area contributed by atoms with Gasteiger partial charge < -0.3 is 10.2 Å². The van der Waals surface area contributed by atoms with Crippen molar-refractivity contribution in [1.82, 2.24) is 0 Å². The number of nitrogens with zero attached hydrogens (tertiary/aromatic N) is 2. The van der Waals surface area contributed by atoms with Gasteiger partial charge in [0.25, 0.3) is 0 Å². The minimum absolute atomic E-state index is 0. The molecule has 0 rings (SSSR count). The Bertz CT molecular complexity index is 68.7. The van der Waals surface area contributed by atoms with E-state index in [9.17, 15) is 0 Å². The van der Waals surface area contributed by atoms with Crippen molar-refractivity contribution < 1.29 is 10.2 Å². The van der Waals surface area contributed by atoms with E-state index < -0.39 is 0 Å². The first-order chi connectivity index (χ1) is 2.83. The van der Waals surface area contributed by atoms with E-state index in [0.29, 0.717) is 12.5 Å². The number of nitriles is 2. The molecule has 0 aliphatic rings. The maximum absolute atomic E-state index is 8.24. The van der Waals surface area contributed by atoms with Gasteiger partial charge in [0.2, 0.25) is 0 Å². The molecule has 0 unspecified atom stereocenters. The third-order valence-corrected chi connectivity index (χ3v) is 0.